The number of carbonyl (C=O) groups excluding carboxylic acids is 1. The lowest BCUT2D eigenvalue weighted by Crippen LogP contribution is -2.26. The molecule has 0 atom stereocenters. The highest BCUT2D eigenvalue weighted by molar-refractivity contribution is 5.85. The molecular weight excluding hydrogens is 330 g/mol. The molecule has 2 aromatic rings. The molecule has 0 unspecified atom stereocenters. The molecule has 0 heterocycles. The number of benzene rings is 2. The molecule has 0 radical (unpaired) electrons. The minimum Gasteiger partial charge on any atom is -0.493 e. The summed E-state index contributed by atoms with van der Waals surface area (Å²) in [7, 11) is 3.15. The Morgan fingerprint density at radius 2 is 1.69 bits per heavy atom. The summed E-state index contributed by atoms with van der Waals surface area (Å²) in [5.41, 5.74) is 7.72. The Bertz CT molecular complexity index is 793. The van der Waals surface area contributed by atoms with Crippen LogP contribution in [0.3, 0.4) is 0 Å². The topological polar surface area (TPSA) is 72.0 Å². The van der Waals surface area contributed by atoms with Crippen molar-refractivity contribution in [3.63, 3.8) is 0 Å². The number of nitrogens with one attached hydrogen (secondary N) is 2. The molecule has 26 heavy (non-hydrogen) atoms. The molecular formula is C20H25N3O3. The van der Waals surface area contributed by atoms with Gasteiger partial charge in [-0.15, -0.1) is 0 Å². The standard InChI is InChI=1S/C20H25N3O3/c1-13-8-14(2)20(15(3)9-13)21-12-19(24)23-22-11-16-6-7-17(25-4)18(10-16)26-5/h6-11,21H,12H2,1-5H3,(H,23,24)/b22-11-. The summed E-state index contributed by atoms with van der Waals surface area (Å²) in [6.07, 6.45) is 1.56. The van der Waals surface area contributed by atoms with Gasteiger partial charge in [0.2, 0.25) is 0 Å². The number of aryl methyl sites for hydroxylation is 3. The molecule has 0 saturated carbocycles. The number of nitrogens with zero attached hydrogens (tertiary/aromatic N) is 1. The number of hydrogen-bond donors (Lipinski definition) is 2. The van der Waals surface area contributed by atoms with Gasteiger partial charge in [-0.05, 0) is 55.7 Å². The molecule has 0 aliphatic rings. The Hall–Kier alpha value is -3.02. The van der Waals surface area contributed by atoms with Crippen LogP contribution in [0.2, 0.25) is 0 Å². The fraction of sp³-hybridized carbons (Fsp3) is 0.300. The number of anilines is 1. The SMILES string of the molecule is COc1ccc(/C=N\NC(=O)CNc2c(C)cc(C)cc2C)cc1OC. The molecule has 2 aromatic carbocycles. The van der Waals surface area contributed by atoms with E-state index in [0.717, 1.165) is 22.4 Å². The summed E-state index contributed by atoms with van der Waals surface area (Å²) in [6, 6.07) is 9.57. The van der Waals surface area contributed by atoms with E-state index >= 15 is 0 Å². The number of methoxy groups -OCH3 is 2. The van der Waals surface area contributed by atoms with Gasteiger partial charge >= 0.3 is 0 Å². The Morgan fingerprint density at radius 3 is 2.31 bits per heavy atom. The molecule has 0 aromatic heterocycles. The van der Waals surface area contributed by atoms with E-state index in [2.05, 4.69) is 34.9 Å². The zero-order valence-corrected chi connectivity index (χ0v) is 15.8. The monoisotopic (exact) mass is 355 g/mol. The number of hydrazone groups is 1. The highest BCUT2D eigenvalue weighted by Crippen LogP contribution is 2.26. The second kappa shape index (κ2) is 8.89. The first-order valence-electron chi connectivity index (χ1n) is 8.30. The minimum absolute atomic E-state index is 0.147. The Morgan fingerprint density at radius 1 is 1.04 bits per heavy atom. The van der Waals surface area contributed by atoms with E-state index in [9.17, 15) is 4.79 Å². The van der Waals surface area contributed by atoms with Crippen molar-refractivity contribution in [2.75, 3.05) is 26.1 Å². The maximum atomic E-state index is 12.0. The number of hydrogen-bond acceptors (Lipinski definition) is 5. The molecule has 138 valence electrons. The van der Waals surface area contributed by atoms with E-state index < -0.39 is 0 Å². The Balaban J connectivity index is 1.92. The maximum Gasteiger partial charge on any atom is 0.259 e. The van der Waals surface area contributed by atoms with Gasteiger partial charge in [0.25, 0.3) is 5.91 Å². The first-order valence-corrected chi connectivity index (χ1v) is 8.30. The second-order valence-electron chi connectivity index (χ2n) is 6.03. The van der Waals surface area contributed by atoms with E-state index in [4.69, 9.17) is 9.47 Å². The van der Waals surface area contributed by atoms with Gasteiger partial charge in [0.1, 0.15) is 0 Å². The fourth-order valence-electron chi connectivity index (χ4n) is 2.78. The minimum atomic E-state index is -0.221. The van der Waals surface area contributed by atoms with Crippen LogP contribution in [0.1, 0.15) is 22.3 Å². The average molecular weight is 355 g/mol. The number of amides is 1. The van der Waals surface area contributed by atoms with Crippen LogP contribution >= 0.6 is 0 Å². The van der Waals surface area contributed by atoms with Gasteiger partial charge in [0, 0.05) is 5.69 Å². The Kier molecular flexibility index (Phi) is 6.60. The van der Waals surface area contributed by atoms with E-state index in [-0.39, 0.29) is 12.5 Å². The number of carbonyl (C=O) groups is 1. The summed E-state index contributed by atoms with van der Waals surface area (Å²) >= 11 is 0. The normalized spacial score (nSPS) is 10.7. The lowest BCUT2D eigenvalue weighted by Gasteiger charge is -2.13. The lowest BCUT2D eigenvalue weighted by atomic mass is 10.1. The Labute approximate surface area is 154 Å². The zero-order valence-electron chi connectivity index (χ0n) is 15.8. The molecule has 0 aliphatic carbocycles. The third kappa shape index (κ3) is 4.99. The fourth-order valence-corrected chi connectivity index (χ4v) is 2.78. The van der Waals surface area contributed by atoms with Gasteiger partial charge in [-0.1, -0.05) is 17.7 Å². The van der Waals surface area contributed by atoms with Crippen LogP contribution in [0.25, 0.3) is 0 Å². The van der Waals surface area contributed by atoms with Crippen molar-refractivity contribution < 1.29 is 14.3 Å². The largest absolute Gasteiger partial charge is 0.493 e. The zero-order chi connectivity index (χ0) is 19.1. The van der Waals surface area contributed by atoms with Gasteiger partial charge < -0.3 is 14.8 Å². The van der Waals surface area contributed by atoms with Crippen LogP contribution in [0.4, 0.5) is 5.69 Å². The first-order chi connectivity index (χ1) is 12.4. The summed E-state index contributed by atoms with van der Waals surface area (Å²) < 4.78 is 10.4. The number of rotatable bonds is 7. The van der Waals surface area contributed by atoms with Crippen molar-refractivity contribution in [2.24, 2.45) is 5.10 Å². The van der Waals surface area contributed by atoms with E-state index in [1.165, 1.54) is 5.56 Å². The summed E-state index contributed by atoms with van der Waals surface area (Å²) in [4.78, 5) is 12.0. The molecule has 0 bridgehead atoms. The highest BCUT2D eigenvalue weighted by atomic mass is 16.5. The average Bonchev–Trinajstić information content (AvgIpc) is 2.60. The third-order valence-corrected chi connectivity index (χ3v) is 3.91. The molecule has 2 N–H and O–H groups in total. The van der Waals surface area contributed by atoms with Gasteiger partial charge in [-0.2, -0.15) is 5.10 Å². The molecule has 0 fully saturated rings. The van der Waals surface area contributed by atoms with Crippen molar-refractivity contribution in [2.45, 2.75) is 20.8 Å². The lowest BCUT2D eigenvalue weighted by molar-refractivity contribution is -0.119. The highest BCUT2D eigenvalue weighted by Gasteiger charge is 2.06. The van der Waals surface area contributed by atoms with Gasteiger partial charge in [0.15, 0.2) is 11.5 Å². The van der Waals surface area contributed by atoms with Crippen molar-refractivity contribution >= 4 is 17.8 Å². The van der Waals surface area contributed by atoms with Crippen LogP contribution in [-0.2, 0) is 4.79 Å². The van der Waals surface area contributed by atoms with Crippen LogP contribution in [-0.4, -0.2) is 32.9 Å². The summed E-state index contributed by atoms with van der Waals surface area (Å²) in [6.45, 7) is 6.25. The van der Waals surface area contributed by atoms with Crippen molar-refractivity contribution in [1.29, 1.82) is 0 Å². The number of ether oxygens (including phenoxy) is 2. The summed E-state index contributed by atoms with van der Waals surface area (Å²) in [5.74, 6) is 1.03. The first kappa shape index (κ1) is 19.3. The third-order valence-electron chi connectivity index (χ3n) is 3.91. The van der Waals surface area contributed by atoms with Crippen LogP contribution in [0, 0.1) is 20.8 Å². The second-order valence-corrected chi connectivity index (χ2v) is 6.03. The molecule has 1 amide bonds. The molecule has 0 spiro atoms. The van der Waals surface area contributed by atoms with E-state index in [0.29, 0.717) is 11.5 Å². The van der Waals surface area contributed by atoms with Crippen LogP contribution < -0.4 is 20.2 Å². The van der Waals surface area contributed by atoms with E-state index in [1.807, 2.05) is 19.9 Å². The quantitative estimate of drug-likeness (QED) is 0.591. The molecule has 0 saturated heterocycles. The van der Waals surface area contributed by atoms with Crippen molar-refractivity contribution in [3.05, 3.63) is 52.6 Å². The molecule has 6 heteroatoms. The van der Waals surface area contributed by atoms with Crippen LogP contribution in [0.15, 0.2) is 35.4 Å². The molecule has 2 rings (SSSR count). The molecule has 0 aliphatic heterocycles. The summed E-state index contributed by atoms with van der Waals surface area (Å²) in [5, 5.41) is 7.15. The smallest absolute Gasteiger partial charge is 0.259 e. The van der Waals surface area contributed by atoms with Gasteiger partial charge in [-0.3, -0.25) is 4.79 Å². The van der Waals surface area contributed by atoms with Crippen LogP contribution in [0.5, 0.6) is 11.5 Å². The predicted molar refractivity (Wildman–Crippen MR) is 104 cm³/mol. The molecule has 6 nitrogen and oxygen atoms in total. The van der Waals surface area contributed by atoms with Gasteiger partial charge in [-0.25, -0.2) is 5.43 Å². The maximum absolute atomic E-state index is 12.0. The van der Waals surface area contributed by atoms with E-state index in [1.54, 1.807) is 32.6 Å². The van der Waals surface area contributed by atoms with Crippen molar-refractivity contribution in [3.8, 4) is 11.5 Å². The predicted octanol–water partition coefficient (Wildman–Crippen LogP) is 3.19. The van der Waals surface area contributed by atoms with Gasteiger partial charge in [0.05, 0.1) is 27.0 Å². The van der Waals surface area contributed by atoms with Crippen molar-refractivity contribution in [1.82, 2.24) is 5.43 Å².